The monoisotopic (exact) mass is 221 g/mol. The summed E-state index contributed by atoms with van der Waals surface area (Å²) in [5.74, 6) is 0.595. The van der Waals surface area contributed by atoms with Gasteiger partial charge in [-0.1, -0.05) is 32.8 Å². The maximum atomic E-state index is 10.2. The summed E-state index contributed by atoms with van der Waals surface area (Å²) < 4.78 is 0. The van der Waals surface area contributed by atoms with Gasteiger partial charge in [-0.05, 0) is 37.3 Å². The number of aryl methyl sites for hydroxylation is 2. The van der Waals surface area contributed by atoms with Gasteiger partial charge in [-0.2, -0.15) is 0 Å². The summed E-state index contributed by atoms with van der Waals surface area (Å²) in [6.45, 7) is 8.40. The first kappa shape index (κ1) is 13.2. The summed E-state index contributed by atoms with van der Waals surface area (Å²) in [5.41, 5.74) is 3.09. The van der Waals surface area contributed by atoms with E-state index in [9.17, 15) is 5.11 Å². The second-order valence-electron chi connectivity index (χ2n) is 4.65. The van der Waals surface area contributed by atoms with Crippen molar-refractivity contribution in [1.82, 2.24) is 4.98 Å². The Bertz CT molecular complexity index is 332. The van der Waals surface area contributed by atoms with E-state index in [1.54, 1.807) is 0 Å². The fourth-order valence-electron chi connectivity index (χ4n) is 2.12. The summed E-state index contributed by atoms with van der Waals surface area (Å²) in [7, 11) is 0. The van der Waals surface area contributed by atoms with E-state index < -0.39 is 6.10 Å². The lowest BCUT2D eigenvalue weighted by molar-refractivity contribution is 0.136. The van der Waals surface area contributed by atoms with E-state index in [0.717, 1.165) is 36.1 Å². The molecule has 0 aliphatic heterocycles. The highest BCUT2D eigenvalue weighted by Gasteiger charge is 2.16. The highest BCUT2D eigenvalue weighted by Crippen LogP contribution is 2.25. The van der Waals surface area contributed by atoms with Gasteiger partial charge in [0.1, 0.15) is 0 Å². The van der Waals surface area contributed by atoms with E-state index in [1.807, 2.05) is 20.0 Å². The van der Waals surface area contributed by atoms with Crippen molar-refractivity contribution in [3.8, 4) is 0 Å². The number of aliphatic hydroxyl groups is 1. The van der Waals surface area contributed by atoms with Crippen LogP contribution in [-0.4, -0.2) is 10.1 Å². The van der Waals surface area contributed by atoms with Gasteiger partial charge in [0.2, 0.25) is 0 Å². The van der Waals surface area contributed by atoms with Gasteiger partial charge in [0.15, 0.2) is 0 Å². The molecule has 1 rings (SSSR count). The topological polar surface area (TPSA) is 33.1 Å². The molecule has 90 valence electrons. The smallest absolute Gasteiger partial charge is 0.0965 e. The molecule has 0 saturated carbocycles. The molecule has 0 spiro atoms. The van der Waals surface area contributed by atoms with Crippen LogP contribution in [0.25, 0.3) is 0 Å². The third-order valence-corrected chi connectivity index (χ3v) is 3.28. The zero-order chi connectivity index (χ0) is 12.1. The zero-order valence-corrected chi connectivity index (χ0v) is 10.8. The molecule has 0 radical (unpaired) electrons. The molecule has 0 amide bonds. The molecule has 0 bridgehead atoms. The van der Waals surface area contributed by atoms with Crippen molar-refractivity contribution >= 4 is 0 Å². The fourth-order valence-corrected chi connectivity index (χ4v) is 2.12. The lowest BCUT2D eigenvalue weighted by atomic mass is 9.93. The number of rotatable bonds is 5. The van der Waals surface area contributed by atoms with Gasteiger partial charge in [-0.25, -0.2) is 0 Å². The number of hydrogen-bond donors (Lipinski definition) is 1. The van der Waals surface area contributed by atoms with Gasteiger partial charge in [0.25, 0.3) is 0 Å². The number of nitrogens with zero attached hydrogens (tertiary/aromatic N) is 1. The predicted molar refractivity (Wildman–Crippen MR) is 67.4 cm³/mol. The molecule has 0 saturated heterocycles. The van der Waals surface area contributed by atoms with Crippen LogP contribution in [0.3, 0.4) is 0 Å². The molecule has 1 aromatic rings. The Labute approximate surface area is 98.7 Å². The van der Waals surface area contributed by atoms with Crippen LogP contribution in [0, 0.1) is 19.8 Å². The Balaban J connectivity index is 2.76. The standard InChI is InChI=1S/C14H23NO/c1-5-12(6-2)8-13(16)14-11(4)7-10(3)9-15-14/h7,9,12-13,16H,5-6,8H2,1-4H3. The van der Waals surface area contributed by atoms with Gasteiger partial charge in [-0.15, -0.1) is 0 Å². The molecule has 0 aliphatic rings. The van der Waals surface area contributed by atoms with Crippen molar-refractivity contribution in [3.05, 3.63) is 29.1 Å². The van der Waals surface area contributed by atoms with Crippen LogP contribution in [0.4, 0.5) is 0 Å². The molecule has 1 aromatic heterocycles. The number of aliphatic hydroxyl groups excluding tert-OH is 1. The summed E-state index contributed by atoms with van der Waals surface area (Å²) in [4.78, 5) is 4.35. The average Bonchev–Trinajstić information content (AvgIpc) is 2.25. The SMILES string of the molecule is CCC(CC)CC(O)c1ncc(C)cc1C. The number of aromatic nitrogens is 1. The third-order valence-electron chi connectivity index (χ3n) is 3.28. The van der Waals surface area contributed by atoms with Crippen molar-refractivity contribution in [3.63, 3.8) is 0 Å². The summed E-state index contributed by atoms with van der Waals surface area (Å²) in [6, 6.07) is 2.08. The number of pyridine rings is 1. The lowest BCUT2D eigenvalue weighted by Crippen LogP contribution is -2.09. The quantitative estimate of drug-likeness (QED) is 0.824. The summed E-state index contributed by atoms with van der Waals surface area (Å²) in [5, 5.41) is 10.2. The minimum Gasteiger partial charge on any atom is -0.387 e. The van der Waals surface area contributed by atoms with Crippen molar-refractivity contribution in [2.45, 2.75) is 53.1 Å². The average molecular weight is 221 g/mol. The molecule has 0 fully saturated rings. The summed E-state index contributed by atoms with van der Waals surface area (Å²) in [6.07, 6.45) is 4.49. The molecule has 1 N–H and O–H groups in total. The number of hydrogen-bond acceptors (Lipinski definition) is 2. The van der Waals surface area contributed by atoms with Crippen LogP contribution < -0.4 is 0 Å². The maximum absolute atomic E-state index is 10.2. The minimum atomic E-state index is -0.412. The van der Waals surface area contributed by atoms with Crippen LogP contribution in [0.15, 0.2) is 12.3 Å². The Morgan fingerprint density at radius 2 is 1.88 bits per heavy atom. The first-order chi connectivity index (χ1) is 7.58. The Hall–Kier alpha value is -0.890. The molecule has 1 atom stereocenters. The Morgan fingerprint density at radius 1 is 1.25 bits per heavy atom. The largest absolute Gasteiger partial charge is 0.387 e. The van der Waals surface area contributed by atoms with Crippen LogP contribution >= 0.6 is 0 Å². The van der Waals surface area contributed by atoms with E-state index >= 15 is 0 Å². The highest BCUT2D eigenvalue weighted by atomic mass is 16.3. The van der Waals surface area contributed by atoms with E-state index in [1.165, 1.54) is 0 Å². The molecular formula is C14H23NO. The van der Waals surface area contributed by atoms with Crippen molar-refractivity contribution in [2.75, 3.05) is 0 Å². The molecule has 2 nitrogen and oxygen atoms in total. The molecular weight excluding hydrogens is 198 g/mol. The zero-order valence-electron chi connectivity index (χ0n) is 10.8. The van der Waals surface area contributed by atoms with E-state index in [2.05, 4.69) is 24.9 Å². The van der Waals surface area contributed by atoms with Crippen molar-refractivity contribution in [1.29, 1.82) is 0 Å². The highest BCUT2D eigenvalue weighted by molar-refractivity contribution is 5.24. The van der Waals surface area contributed by atoms with Crippen LogP contribution in [0.5, 0.6) is 0 Å². The predicted octanol–water partition coefficient (Wildman–Crippen LogP) is 3.56. The van der Waals surface area contributed by atoms with Gasteiger partial charge in [0, 0.05) is 6.20 Å². The summed E-state index contributed by atoms with van der Waals surface area (Å²) >= 11 is 0. The first-order valence-electron chi connectivity index (χ1n) is 6.19. The molecule has 1 unspecified atom stereocenters. The van der Waals surface area contributed by atoms with Crippen molar-refractivity contribution in [2.24, 2.45) is 5.92 Å². The van der Waals surface area contributed by atoms with Gasteiger partial charge < -0.3 is 5.11 Å². The Kier molecular flexibility index (Phi) is 4.94. The normalized spacial score (nSPS) is 13.1. The van der Waals surface area contributed by atoms with Crippen LogP contribution in [-0.2, 0) is 0 Å². The molecule has 2 heteroatoms. The van der Waals surface area contributed by atoms with Crippen LogP contribution in [0.1, 0.15) is 56.0 Å². The van der Waals surface area contributed by atoms with Gasteiger partial charge in [0.05, 0.1) is 11.8 Å². The Morgan fingerprint density at radius 3 is 2.38 bits per heavy atom. The van der Waals surface area contributed by atoms with Crippen LogP contribution in [0.2, 0.25) is 0 Å². The van der Waals surface area contributed by atoms with Gasteiger partial charge >= 0.3 is 0 Å². The molecule has 0 aromatic carbocycles. The first-order valence-corrected chi connectivity index (χ1v) is 6.19. The molecule has 16 heavy (non-hydrogen) atoms. The lowest BCUT2D eigenvalue weighted by Gasteiger charge is -2.18. The second kappa shape index (κ2) is 6.00. The third kappa shape index (κ3) is 3.31. The second-order valence-corrected chi connectivity index (χ2v) is 4.65. The molecule has 0 aliphatic carbocycles. The van der Waals surface area contributed by atoms with E-state index in [4.69, 9.17) is 0 Å². The van der Waals surface area contributed by atoms with Gasteiger partial charge in [-0.3, -0.25) is 4.98 Å². The minimum absolute atomic E-state index is 0.412. The maximum Gasteiger partial charge on any atom is 0.0965 e. The fraction of sp³-hybridized carbons (Fsp3) is 0.643. The van der Waals surface area contributed by atoms with Crippen molar-refractivity contribution < 1.29 is 5.11 Å². The van der Waals surface area contributed by atoms with E-state index in [0.29, 0.717) is 5.92 Å². The molecule has 1 heterocycles. The van der Waals surface area contributed by atoms with E-state index in [-0.39, 0.29) is 0 Å².